The number of amides is 2. The molecule has 29 heavy (non-hydrogen) atoms. The number of thiazole rings is 1. The van der Waals surface area contributed by atoms with Crippen molar-refractivity contribution in [2.75, 3.05) is 0 Å². The van der Waals surface area contributed by atoms with Gasteiger partial charge >= 0.3 is 0 Å². The molecule has 0 aliphatic rings. The molecule has 0 atom stereocenters. The van der Waals surface area contributed by atoms with Crippen LogP contribution in [0.1, 0.15) is 45.1 Å². The number of rotatable bonds is 6. The first kappa shape index (κ1) is 20.7. The highest BCUT2D eigenvalue weighted by Crippen LogP contribution is 2.27. The second kappa shape index (κ2) is 9.45. The van der Waals surface area contributed by atoms with E-state index in [1.807, 2.05) is 56.3 Å². The molecular formula is C22H23N3O3S. The third kappa shape index (κ3) is 5.49. The van der Waals surface area contributed by atoms with E-state index in [9.17, 15) is 9.59 Å². The molecular weight excluding hydrogens is 386 g/mol. The topological polar surface area (TPSA) is 80.3 Å². The Morgan fingerprint density at radius 2 is 1.66 bits per heavy atom. The summed E-state index contributed by atoms with van der Waals surface area (Å²) < 4.78 is 5.54. The lowest BCUT2D eigenvalue weighted by Gasteiger charge is -2.09. The molecule has 0 bridgehead atoms. The van der Waals surface area contributed by atoms with Gasteiger partial charge in [-0.1, -0.05) is 42.5 Å². The number of aromatic nitrogens is 1. The number of nitrogens with one attached hydrogen (secondary N) is 2. The Bertz CT molecular complexity index is 982. The fourth-order valence-electron chi connectivity index (χ4n) is 2.57. The molecule has 0 aliphatic heterocycles. The number of hydrogen-bond donors (Lipinski definition) is 2. The van der Waals surface area contributed by atoms with Crippen molar-refractivity contribution < 1.29 is 14.3 Å². The highest BCUT2D eigenvalue weighted by molar-refractivity contribution is 7.17. The summed E-state index contributed by atoms with van der Waals surface area (Å²) in [6.45, 7) is 6.21. The smallest absolute Gasteiger partial charge is 0.281 e. The van der Waals surface area contributed by atoms with Gasteiger partial charge in [0.25, 0.3) is 11.8 Å². The van der Waals surface area contributed by atoms with Crippen molar-refractivity contribution in [3.8, 4) is 10.6 Å². The van der Waals surface area contributed by atoms with E-state index in [0.29, 0.717) is 22.7 Å². The van der Waals surface area contributed by atoms with Crippen molar-refractivity contribution >= 4 is 23.2 Å². The van der Waals surface area contributed by atoms with Crippen molar-refractivity contribution in [2.45, 2.75) is 33.5 Å². The van der Waals surface area contributed by atoms with Crippen molar-refractivity contribution in [1.29, 1.82) is 0 Å². The minimum Gasteiger partial charge on any atom is -0.374 e. The lowest BCUT2D eigenvalue weighted by Crippen LogP contribution is -2.41. The van der Waals surface area contributed by atoms with Crippen molar-refractivity contribution in [3.63, 3.8) is 0 Å². The zero-order chi connectivity index (χ0) is 20.8. The van der Waals surface area contributed by atoms with E-state index in [1.165, 1.54) is 11.3 Å². The minimum absolute atomic E-state index is 0.144. The number of hydrazine groups is 1. The van der Waals surface area contributed by atoms with E-state index >= 15 is 0 Å². The summed E-state index contributed by atoms with van der Waals surface area (Å²) in [4.78, 5) is 29.7. The zero-order valence-electron chi connectivity index (χ0n) is 16.6. The van der Waals surface area contributed by atoms with Crippen LogP contribution < -0.4 is 10.9 Å². The monoisotopic (exact) mass is 409 g/mol. The van der Waals surface area contributed by atoms with Gasteiger partial charge in [0.2, 0.25) is 0 Å². The van der Waals surface area contributed by atoms with Crippen molar-refractivity contribution in [1.82, 2.24) is 15.8 Å². The number of benzene rings is 2. The summed E-state index contributed by atoms with van der Waals surface area (Å²) in [5, 5.41) is 0.763. The third-order valence-corrected chi connectivity index (χ3v) is 5.32. The number of ether oxygens (including phenoxy) is 1. The second-order valence-corrected chi connectivity index (χ2v) is 7.76. The molecule has 3 rings (SSSR count). The lowest BCUT2D eigenvalue weighted by molar-refractivity contribution is 0.0656. The Morgan fingerprint density at radius 3 is 2.31 bits per heavy atom. The molecule has 0 spiro atoms. The van der Waals surface area contributed by atoms with Crippen molar-refractivity contribution in [3.05, 3.63) is 76.3 Å². The van der Waals surface area contributed by atoms with Crippen LogP contribution in [-0.4, -0.2) is 22.9 Å². The Kier molecular flexibility index (Phi) is 6.74. The van der Waals surface area contributed by atoms with Gasteiger partial charge in [0.1, 0.15) is 9.88 Å². The quantitative estimate of drug-likeness (QED) is 0.600. The SMILES string of the molecule is Cc1nc(-c2ccccc2)sc1C(=O)NNC(=O)c1ccc(COC(C)C)cc1. The van der Waals surface area contributed by atoms with E-state index in [-0.39, 0.29) is 12.0 Å². The number of carbonyl (C=O) groups excluding carboxylic acids is 2. The summed E-state index contributed by atoms with van der Waals surface area (Å²) in [7, 11) is 0. The first-order valence-electron chi connectivity index (χ1n) is 9.28. The molecule has 7 heteroatoms. The van der Waals surface area contributed by atoms with Gasteiger partial charge in [0.05, 0.1) is 18.4 Å². The predicted octanol–water partition coefficient (Wildman–Crippen LogP) is 4.12. The van der Waals surface area contributed by atoms with Crippen LogP contribution in [0.3, 0.4) is 0 Å². The van der Waals surface area contributed by atoms with Gasteiger partial charge in [-0.05, 0) is 38.5 Å². The molecule has 1 aromatic heterocycles. The average molecular weight is 410 g/mol. The van der Waals surface area contributed by atoms with E-state index in [1.54, 1.807) is 19.1 Å². The van der Waals surface area contributed by atoms with Crippen LogP contribution >= 0.6 is 11.3 Å². The summed E-state index contributed by atoms with van der Waals surface area (Å²) >= 11 is 1.29. The maximum Gasteiger partial charge on any atom is 0.281 e. The molecule has 0 fully saturated rings. The number of nitrogens with zero attached hydrogens (tertiary/aromatic N) is 1. The molecule has 1 heterocycles. The molecule has 150 valence electrons. The molecule has 2 amide bonds. The average Bonchev–Trinajstić information content (AvgIpc) is 3.13. The first-order chi connectivity index (χ1) is 13.9. The van der Waals surface area contributed by atoms with Gasteiger partial charge in [-0.3, -0.25) is 20.4 Å². The molecule has 0 radical (unpaired) electrons. The zero-order valence-corrected chi connectivity index (χ0v) is 17.4. The summed E-state index contributed by atoms with van der Waals surface area (Å²) in [6, 6.07) is 16.7. The molecule has 0 saturated heterocycles. The number of aryl methyl sites for hydroxylation is 1. The molecule has 0 saturated carbocycles. The third-order valence-electron chi connectivity index (χ3n) is 4.11. The van der Waals surface area contributed by atoms with Crippen LogP contribution in [-0.2, 0) is 11.3 Å². The van der Waals surface area contributed by atoms with Gasteiger partial charge in [0, 0.05) is 11.1 Å². The summed E-state index contributed by atoms with van der Waals surface area (Å²) in [6.07, 6.45) is 0.144. The maximum atomic E-state index is 12.5. The highest BCUT2D eigenvalue weighted by Gasteiger charge is 2.17. The molecule has 0 aliphatic carbocycles. The first-order valence-corrected chi connectivity index (χ1v) is 10.1. The minimum atomic E-state index is -0.391. The maximum absolute atomic E-state index is 12.5. The molecule has 6 nitrogen and oxygen atoms in total. The summed E-state index contributed by atoms with van der Waals surface area (Å²) in [5.41, 5.74) is 7.92. The van der Waals surface area contributed by atoms with Crippen molar-refractivity contribution in [2.24, 2.45) is 0 Å². The molecule has 2 aromatic carbocycles. The van der Waals surface area contributed by atoms with E-state index < -0.39 is 5.91 Å². The van der Waals surface area contributed by atoms with Gasteiger partial charge in [-0.15, -0.1) is 11.3 Å². The highest BCUT2D eigenvalue weighted by atomic mass is 32.1. The van der Waals surface area contributed by atoms with Gasteiger partial charge in [-0.2, -0.15) is 0 Å². The number of hydrogen-bond acceptors (Lipinski definition) is 5. The number of carbonyl (C=O) groups is 2. The fraction of sp³-hybridized carbons (Fsp3) is 0.227. The molecule has 0 unspecified atom stereocenters. The van der Waals surface area contributed by atoms with E-state index in [4.69, 9.17) is 4.74 Å². The van der Waals surface area contributed by atoms with Crippen LogP contribution in [0.2, 0.25) is 0 Å². The van der Waals surface area contributed by atoms with E-state index in [2.05, 4.69) is 15.8 Å². The fourth-order valence-corrected chi connectivity index (χ4v) is 3.54. The van der Waals surface area contributed by atoms with Gasteiger partial charge in [0.15, 0.2) is 0 Å². The summed E-state index contributed by atoms with van der Waals surface area (Å²) in [5.74, 6) is -0.780. The van der Waals surface area contributed by atoms with Gasteiger partial charge < -0.3 is 4.74 Å². The van der Waals surface area contributed by atoms with Crippen LogP contribution in [0.25, 0.3) is 10.6 Å². The Morgan fingerprint density at radius 1 is 1.00 bits per heavy atom. The Labute approximate surface area is 173 Å². The standard InChI is InChI=1S/C22H23N3O3S/c1-14(2)28-13-16-9-11-17(12-10-16)20(26)24-25-21(27)19-15(3)23-22(29-19)18-7-5-4-6-8-18/h4-12,14H,13H2,1-3H3,(H,24,26)(H,25,27). The van der Waals surface area contributed by atoms with Crippen LogP contribution in [0.4, 0.5) is 0 Å². The molecule has 2 N–H and O–H groups in total. The van der Waals surface area contributed by atoms with Crippen LogP contribution in [0.5, 0.6) is 0 Å². The Balaban J connectivity index is 1.59. The lowest BCUT2D eigenvalue weighted by atomic mass is 10.1. The van der Waals surface area contributed by atoms with Gasteiger partial charge in [-0.25, -0.2) is 4.98 Å². The Hall–Kier alpha value is -3.03. The largest absolute Gasteiger partial charge is 0.374 e. The normalized spacial score (nSPS) is 10.8. The molecule has 3 aromatic rings. The van der Waals surface area contributed by atoms with E-state index in [0.717, 1.165) is 16.1 Å². The van der Waals surface area contributed by atoms with Crippen LogP contribution in [0, 0.1) is 6.92 Å². The predicted molar refractivity (Wildman–Crippen MR) is 114 cm³/mol. The van der Waals surface area contributed by atoms with Crippen LogP contribution in [0.15, 0.2) is 54.6 Å². The second-order valence-electron chi connectivity index (χ2n) is 6.76.